The molecule has 2 aromatic rings. The van der Waals surface area contributed by atoms with Crippen LogP contribution in [0.5, 0.6) is 0 Å². The summed E-state index contributed by atoms with van der Waals surface area (Å²) in [5, 5.41) is 8.88. The average Bonchev–Trinajstić information content (AvgIpc) is 2.75. The zero-order valence-corrected chi connectivity index (χ0v) is 7.44. The number of rotatable bonds is 2. The number of nitrogens with one attached hydrogen (secondary N) is 2. The van der Waals surface area contributed by atoms with Crippen LogP contribution in [0.25, 0.3) is 0 Å². The van der Waals surface area contributed by atoms with Crippen LogP contribution in [0.4, 0.5) is 5.69 Å². The van der Waals surface area contributed by atoms with Crippen molar-refractivity contribution >= 4 is 11.6 Å². The Morgan fingerprint density at radius 1 is 1.64 bits per heavy atom. The number of hydrogen-bond acceptors (Lipinski definition) is 4. The standard InChI is InChI=1S/C8H8N4O2/c1-5-7(14-4-9-5)8(13)12-6-2-10-11-3-6/h2-4H,1H3,(H,10,11)(H,12,13). The summed E-state index contributed by atoms with van der Waals surface area (Å²) in [6, 6.07) is 0. The SMILES string of the molecule is Cc1ncoc1C(=O)Nc1cn[nH]c1. The number of aromatic nitrogens is 3. The van der Waals surface area contributed by atoms with E-state index in [0.29, 0.717) is 11.4 Å². The van der Waals surface area contributed by atoms with Crippen molar-refractivity contribution in [2.45, 2.75) is 6.92 Å². The van der Waals surface area contributed by atoms with Crippen LogP contribution in [0.3, 0.4) is 0 Å². The van der Waals surface area contributed by atoms with Gasteiger partial charge in [0.1, 0.15) is 0 Å². The first-order valence-electron chi connectivity index (χ1n) is 3.97. The second-order valence-electron chi connectivity index (χ2n) is 2.71. The van der Waals surface area contributed by atoms with Gasteiger partial charge in [-0.25, -0.2) is 4.98 Å². The van der Waals surface area contributed by atoms with E-state index in [1.165, 1.54) is 12.6 Å². The van der Waals surface area contributed by atoms with Gasteiger partial charge in [-0.2, -0.15) is 5.10 Å². The molecule has 0 aliphatic rings. The number of anilines is 1. The van der Waals surface area contributed by atoms with E-state index < -0.39 is 0 Å². The lowest BCUT2D eigenvalue weighted by molar-refractivity contribution is 0.0996. The molecule has 6 heteroatoms. The van der Waals surface area contributed by atoms with Gasteiger partial charge in [-0.05, 0) is 6.92 Å². The number of carbonyl (C=O) groups excluding carboxylic acids is 1. The van der Waals surface area contributed by atoms with E-state index in [0.717, 1.165) is 0 Å². The van der Waals surface area contributed by atoms with E-state index in [1.54, 1.807) is 13.1 Å². The summed E-state index contributed by atoms with van der Waals surface area (Å²) in [6.45, 7) is 1.70. The summed E-state index contributed by atoms with van der Waals surface area (Å²) in [6.07, 6.45) is 4.31. The molecule has 6 nitrogen and oxygen atoms in total. The molecule has 0 aliphatic heterocycles. The number of nitrogens with zero attached hydrogens (tertiary/aromatic N) is 2. The van der Waals surface area contributed by atoms with E-state index in [1.807, 2.05) is 0 Å². The van der Waals surface area contributed by atoms with Gasteiger partial charge in [-0.1, -0.05) is 0 Å². The van der Waals surface area contributed by atoms with Crippen LogP contribution in [0, 0.1) is 6.92 Å². The lowest BCUT2D eigenvalue weighted by atomic mass is 10.3. The van der Waals surface area contributed by atoms with Gasteiger partial charge < -0.3 is 9.73 Å². The molecule has 2 aromatic heterocycles. The van der Waals surface area contributed by atoms with Gasteiger partial charge in [-0.15, -0.1) is 0 Å². The summed E-state index contributed by atoms with van der Waals surface area (Å²) in [5.74, 6) is -0.118. The van der Waals surface area contributed by atoms with Gasteiger partial charge in [0, 0.05) is 6.20 Å². The maximum atomic E-state index is 11.5. The molecular formula is C8H8N4O2. The summed E-state index contributed by atoms with van der Waals surface area (Å²) in [4.78, 5) is 15.3. The van der Waals surface area contributed by atoms with Crippen LogP contribution in [0.1, 0.15) is 16.2 Å². The van der Waals surface area contributed by atoms with Crippen molar-refractivity contribution in [2.24, 2.45) is 0 Å². The molecule has 0 saturated carbocycles. The topological polar surface area (TPSA) is 83.8 Å². The Morgan fingerprint density at radius 2 is 2.50 bits per heavy atom. The number of oxazole rings is 1. The van der Waals surface area contributed by atoms with Crippen molar-refractivity contribution in [3.05, 3.63) is 30.2 Å². The van der Waals surface area contributed by atoms with Gasteiger partial charge in [0.15, 0.2) is 6.39 Å². The first-order valence-corrected chi connectivity index (χ1v) is 3.97. The summed E-state index contributed by atoms with van der Waals surface area (Å²) in [7, 11) is 0. The number of aryl methyl sites for hydroxylation is 1. The molecule has 0 aliphatic carbocycles. The monoisotopic (exact) mass is 192 g/mol. The molecule has 14 heavy (non-hydrogen) atoms. The predicted molar refractivity (Wildman–Crippen MR) is 47.8 cm³/mol. The van der Waals surface area contributed by atoms with Crippen LogP contribution in [-0.4, -0.2) is 21.1 Å². The van der Waals surface area contributed by atoms with Gasteiger partial charge in [-0.3, -0.25) is 9.89 Å². The number of hydrogen-bond donors (Lipinski definition) is 2. The van der Waals surface area contributed by atoms with Crippen molar-refractivity contribution < 1.29 is 9.21 Å². The van der Waals surface area contributed by atoms with Crippen LogP contribution < -0.4 is 5.32 Å². The fraction of sp³-hybridized carbons (Fsp3) is 0.125. The lowest BCUT2D eigenvalue weighted by Gasteiger charge is -1.98. The Balaban J connectivity index is 2.14. The summed E-state index contributed by atoms with van der Waals surface area (Å²) >= 11 is 0. The van der Waals surface area contributed by atoms with Gasteiger partial charge in [0.05, 0.1) is 17.6 Å². The zero-order valence-electron chi connectivity index (χ0n) is 7.44. The fourth-order valence-electron chi connectivity index (χ4n) is 1.03. The Kier molecular flexibility index (Phi) is 2.02. The van der Waals surface area contributed by atoms with Crippen LogP contribution in [0.15, 0.2) is 23.2 Å². The molecule has 0 spiro atoms. The highest BCUT2D eigenvalue weighted by atomic mass is 16.3. The van der Waals surface area contributed by atoms with E-state index in [9.17, 15) is 4.79 Å². The van der Waals surface area contributed by atoms with E-state index in [-0.39, 0.29) is 11.7 Å². The first-order chi connectivity index (χ1) is 6.77. The predicted octanol–water partition coefficient (Wildman–Crippen LogP) is 0.958. The zero-order chi connectivity index (χ0) is 9.97. The third-order valence-corrected chi connectivity index (χ3v) is 1.71. The van der Waals surface area contributed by atoms with Crippen LogP contribution in [0.2, 0.25) is 0 Å². The minimum absolute atomic E-state index is 0.214. The molecule has 0 aromatic carbocycles. The second kappa shape index (κ2) is 3.33. The smallest absolute Gasteiger partial charge is 0.293 e. The molecule has 0 saturated heterocycles. The third-order valence-electron chi connectivity index (χ3n) is 1.71. The molecule has 1 amide bonds. The minimum Gasteiger partial charge on any atom is -0.438 e. The van der Waals surface area contributed by atoms with E-state index >= 15 is 0 Å². The Labute approximate surface area is 79.3 Å². The van der Waals surface area contributed by atoms with Crippen molar-refractivity contribution in [2.75, 3.05) is 5.32 Å². The Morgan fingerprint density at radius 3 is 3.07 bits per heavy atom. The van der Waals surface area contributed by atoms with Gasteiger partial charge in [0.2, 0.25) is 5.76 Å². The fourth-order valence-corrected chi connectivity index (χ4v) is 1.03. The second-order valence-corrected chi connectivity index (χ2v) is 2.71. The van der Waals surface area contributed by atoms with E-state index in [2.05, 4.69) is 20.5 Å². The first kappa shape index (κ1) is 8.49. The maximum Gasteiger partial charge on any atom is 0.293 e. The number of H-pyrrole nitrogens is 1. The molecule has 0 atom stereocenters. The molecule has 0 unspecified atom stereocenters. The van der Waals surface area contributed by atoms with Gasteiger partial charge in [0.25, 0.3) is 5.91 Å². The van der Waals surface area contributed by atoms with Crippen LogP contribution >= 0.6 is 0 Å². The number of aromatic amines is 1. The van der Waals surface area contributed by atoms with Crippen molar-refractivity contribution in [1.29, 1.82) is 0 Å². The summed E-state index contributed by atoms with van der Waals surface area (Å²) in [5.41, 5.74) is 1.15. The summed E-state index contributed by atoms with van der Waals surface area (Å²) < 4.78 is 4.92. The molecule has 0 fully saturated rings. The quantitative estimate of drug-likeness (QED) is 0.742. The highest BCUT2D eigenvalue weighted by Crippen LogP contribution is 2.09. The highest BCUT2D eigenvalue weighted by Gasteiger charge is 2.13. The molecule has 2 heterocycles. The molecule has 2 rings (SSSR count). The third kappa shape index (κ3) is 1.49. The normalized spacial score (nSPS) is 10.1. The molecular weight excluding hydrogens is 184 g/mol. The number of amides is 1. The number of carbonyl (C=O) groups is 1. The molecule has 72 valence electrons. The van der Waals surface area contributed by atoms with E-state index in [4.69, 9.17) is 4.42 Å². The Hall–Kier alpha value is -2.11. The molecule has 2 N–H and O–H groups in total. The largest absolute Gasteiger partial charge is 0.438 e. The minimum atomic E-state index is -0.332. The lowest BCUT2D eigenvalue weighted by Crippen LogP contribution is -2.11. The maximum absolute atomic E-state index is 11.5. The highest BCUT2D eigenvalue weighted by molar-refractivity contribution is 6.02. The van der Waals surface area contributed by atoms with Gasteiger partial charge >= 0.3 is 0 Å². The Bertz CT molecular complexity index is 432. The molecule has 0 bridgehead atoms. The van der Waals surface area contributed by atoms with Crippen molar-refractivity contribution in [1.82, 2.24) is 15.2 Å². The average molecular weight is 192 g/mol. The van der Waals surface area contributed by atoms with Crippen molar-refractivity contribution in [3.8, 4) is 0 Å². The van der Waals surface area contributed by atoms with Crippen molar-refractivity contribution in [3.63, 3.8) is 0 Å². The van der Waals surface area contributed by atoms with Crippen LogP contribution in [-0.2, 0) is 0 Å². The molecule has 0 radical (unpaired) electrons.